The van der Waals surface area contributed by atoms with Gasteiger partial charge >= 0.3 is 0 Å². The highest BCUT2D eigenvalue weighted by molar-refractivity contribution is 6.12. The van der Waals surface area contributed by atoms with Crippen LogP contribution in [0.2, 0.25) is 0 Å². The minimum absolute atomic E-state index is 0.113. The molecule has 60 heavy (non-hydrogen) atoms. The average Bonchev–Trinajstić information content (AvgIpc) is 3.65. The molecule has 0 saturated heterocycles. The van der Waals surface area contributed by atoms with E-state index in [4.69, 9.17) is 13.9 Å². The van der Waals surface area contributed by atoms with E-state index in [9.17, 15) is 14.4 Å². The molecule has 8 rings (SSSR count). The third kappa shape index (κ3) is 8.79. The topological polar surface area (TPSA) is 141 Å². The lowest BCUT2D eigenvalue weighted by Crippen LogP contribution is -2.25. The summed E-state index contributed by atoms with van der Waals surface area (Å²) >= 11 is 0. The third-order valence-corrected chi connectivity index (χ3v) is 10.4. The molecule has 2 N–H and O–H groups in total. The number of rotatable bonds is 14. The van der Waals surface area contributed by atoms with Crippen molar-refractivity contribution in [2.24, 2.45) is 7.05 Å². The number of carbonyl (C=O) groups excluding carboxylic acids is 2. The van der Waals surface area contributed by atoms with Gasteiger partial charge in [-0.1, -0.05) is 60.7 Å². The summed E-state index contributed by atoms with van der Waals surface area (Å²) in [4.78, 5) is 46.7. The molecule has 3 heterocycles. The number of hydrogen-bond acceptors (Lipinski definition) is 9. The molecule has 0 aliphatic heterocycles. The second-order valence-electron chi connectivity index (χ2n) is 14.4. The van der Waals surface area contributed by atoms with Crippen molar-refractivity contribution in [3.05, 3.63) is 178 Å². The molecule has 5 aromatic carbocycles. The minimum atomic E-state index is -0.711. The molecular formula is C48H42N6O6. The van der Waals surface area contributed by atoms with E-state index in [-0.39, 0.29) is 28.0 Å². The van der Waals surface area contributed by atoms with Crippen LogP contribution in [-0.4, -0.2) is 52.2 Å². The lowest BCUT2D eigenvalue weighted by atomic mass is 10.0. The van der Waals surface area contributed by atoms with Gasteiger partial charge in [0.05, 0.1) is 42.6 Å². The van der Waals surface area contributed by atoms with Crippen LogP contribution in [0.3, 0.4) is 0 Å². The maximum Gasteiger partial charge on any atom is 0.291 e. The Labute approximate surface area is 346 Å². The molecular weight excluding hydrogens is 757 g/mol. The second-order valence-corrected chi connectivity index (χ2v) is 14.4. The SMILES string of the molecule is COc1cc(NC(=O)c2cc(=O)c3ccccc3o2)c(C(=O)Nc2ccc(CCN(Cc3ccc(-c4cccnc4)cc3)Cc3ccc4c(cnn4C)c3)cc2)cc1OC. The van der Waals surface area contributed by atoms with Crippen LogP contribution in [0.5, 0.6) is 11.5 Å². The molecule has 0 fully saturated rings. The van der Waals surface area contributed by atoms with Crippen molar-refractivity contribution < 1.29 is 23.5 Å². The van der Waals surface area contributed by atoms with Crippen LogP contribution in [0, 0.1) is 0 Å². The van der Waals surface area contributed by atoms with Gasteiger partial charge < -0.3 is 24.5 Å². The van der Waals surface area contributed by atoms with E-state index in [0.29, 0.717) is 22.6 Å². The number of carbonyl (C=O) groups is 2. The fourth-order valence-corrected chi connectivity index (χ4v) is 7.19. The maximum atomic E-state index is 13.8. The number of nitrogens with one attached hydrogen (secondary N) is 2. The fraction of sp³-hybridized carbons (Fsp3) is 0.146. The summed E-state index contributed by atoms with van der Waals surface area (Å²) in [5, 5.41) is 11.5. The van der Waals surface area contributed by atoms with E-state index in [2.05, 4.69) is 74.1 Å². The van der Waals surface area contributed by atoms with Gasteiger partial charge in [-0.2, -0.15) is 5.10 Å². The van der Waals surface area contributed by atoms with Crippen molar-refractivity contribution >= 4 is 45.1 Å². The van der Waals surface area contributed by atoms with Gasteiger partial charge in [0, 0.05) is 62.3 Å². The number of amides is 2. The zero-order valence-electron chi connectivity index (χ0n) is 33.3. The van der Waals surface area contributed by atoms with Crippen molar-refractivity contribution in [3.8, 4) is 22.6 Å². The molecule has 0 bridgehead atoms. The average molecular weight is 799 g/mol. The number of anilines is 2. The summed E-state index contributed by atoms with van der Waals surface area (Å²) in [6, 6.07) is 37.6. The molecule has 12 heteroatoms. The van der Waals surface area contributed by atoms with E-state index in [1.165, 1.54) is 37.5 Å². The molecule has 0 saturated carbocycles. The highest BCUT2D eigenvalue weighted by Crippen LogP contribution is 2.34. The van der Waals surface area contributed by atoms with Gasteiger partial charge in [0.1, 0.15) is 5.58 Å². The van der Waals surface area contributed by atoms with Gasteiger partial charge in [-0.25, -0.2) is 0 Å². The highest BCUT2D eigenvalue weighted by atomic mass is 16.5. The van der Waals surface area contributed by atoms with Crippen molar-refractivity contribution in [3.63, 3.8) is 0 Å². The molecule has 0 aliphatic rings. The van der Waals surface area contributed by atoms with Crippen molar-refractivity contribution in [1.82, 2.24) is 19.7 Å². The normalized spacial score (nSPS) is 11.2. The van der Waals surface area contributed by atoms with Crippen LogP contribution >= 0.6 is 0 Å². The number of aromatic nitrogens is 3. The summed E-state index contributed by atoms with van der Waals surface area (Å²) < 4.78 is 18.6. The molecule has 0 unspecified atom stereocenters. The van der Waals surface area contributed by atoms with Crippen LogP contribution in [0.25, 0.3) is 33.0 Å². The summed E-state index contributed by atoms with van der Waals surface area (Å²) in [5.74, 6) is -0.825. The zero-order valence-corrected chi connectivity index (χ0v) is 33.3. The van der Waals surface area contributed by atoms with Crippen LogP contribution in [0.15, 0.2) is 149 Å². The number of aryl methyl sites for hydroxylation is 1. The first-order chi connectivity index (χ1) is 29.2. The van der Waals surface area contributed by atoms with Gasteiger partial charge in [0.2, 0.25) is 0 Å². The summed E-state index contributed by atoms with van der Waals surface area (Å²) in [6.45, 7) is 2.29. The Morgan fingerprint density at radius 3 is 2.23 bits per heavy atom. The molecule has 0 atom stereocenters. The summed E-state index contributed by atoms with van der Waals surface area (Å²) in [7, 11) is 4.86. The Bertz CT molecular complexity index is 2870. The Hall–Kier alpha value is -7.57. The first-order valence-electron chi connectivity index (χ1n) is 19.4. The Morgan fingerprint density at radius 2 is 1.47 bits per heavy atom. The number of hydrogen-bond donors (Lipinski definition) is 2. The molecule has 2 amide bonds. The predicted octanol–water partition coefficient (Wildman–Crippen LogP) is 8.51. The Morgan fingerprint density at radius 1 is 0.733 bits per heavy atom. The van der Waals surface area contributed by atoms with Gasteiger partial charge in [0.25, 0.3) is 11.8 Å². The second kappa shape index (κ2) is 17.5. The van der Waals surface area contributed by atoms with Gasteiger partial charge in [-0.05, 0) is 82.8 Å². The number of benzene rings is 5. The number of para-hydroxylation sites is 1. The molecule has 12 nitrogen and oxygen atoms in total. The van der Waals surface area contributed by atoms with Gasteiger partial charge in [-0.15, -0.1) is 0 Å². The van der Waals surface area contributed by atoms with Gasteiger partial charge in [0.15, 0.2) is 22.7 Å². The largest absolute Gasteiger partial charge is 0.493 e. The van der Waals surface area contributed by atoms with E-state index < -0.39 is 11.8 Å². The number of nitrogens with zero attached hydrogens (tertiary/aromatic N) is 4. The quantitative estimate of drug-likeness (QED) is 0.111. The predicted molar refractivity (Wildman–Crippen MR) is 233 cm³/mol. The lowest BCUT2D eigenvalue weighted by Gasteiger charge is -2.23. The maximum absolute atomic E-state index is 13.8. The van der Waals surface area contributed by atoms with Crippen molar-refractivity contribution in [2.75, 3.05) is 31.4 Å². The van der Waals surface area contributed by atoms with Crippen LogP contribution in [0.4, 0.5) is 11.4 Å². The lowest BCUT2D eigenvalue weighted by molar-refractivity contribution is 0.0997. The molecule has 8 aromatic rings. The number of fused-ring (bicyclic) bond motifs is 2. The van der Waals surface area contributed by atoms with Crippen LogP contribution in [-0.2, 0) is 26.6 Å². The van der Waals surface area contributed by atoms with E-state index in [0.717, 1.165) is 59.7 Å². The molecule has 0 spiro atoms. The monoisotopic (exact) mass is 798 g/mol. The van der Waals surface area contributed by atoms with E-state index in [1.807, 2.05) is 54.5 Å². The zero-order chi connectivity index (χ0) is 41.6. The molecule has 0 radical (unpaired) electrons. The third-order valence-electron chi connectivity index (χ3n) is 10.4. The van der Waals surface area contributed by atoms with Crippen LogP contribution < -0.4 is 25.5 Å². The Balaban J connectivity index is 0.973. The minimum Gasteiger partial charge on any atom is -0.493 e. The highest BCUT2D eigenvalue weighted by Gasteiger charge is 2.21. The van der Waals surface area contributed by atoms with Crippen molar-refractivity contribution in [2.45, 2.75) is 19.5 Å². The smallest absolute Gasteiger partial charge is 0.291 e. The molecule has 0 aliphatic carbocycles. The summed E-state index contributed by atoms with van der Waals surface area (Å²) in [5.41, 5.74) is 7.51. The molecule has 3 aromatic heterocycles. The van der Waals surface area contributed by atoms with Crippen LogP contribution in [0.1, 0.15) is 37.6 Å². The van der Waals surface area contributed by atoms with E-state index in [1.54, 1.807) is 30.5 Å². The first-order valence-corrected chi connectivity index (χ1v) is 19.4. The fourth-order valence-electron chi connectivity index (χ4n) is 7.19. The standard InChI is InChI=1S/C48H42N6O6/c1-53-41-19-14-33(23-36(41)28-50-53)30-54(29-32-10-15-34(16-11-32)35-7-6-21-49-27-35)22-20-31-12-17-37(18-13-31)51-47(56)39-24-44(58-2)45(59-3)25-40(39)52-48(57)46-26-42(55)38-8-4-5-9-43(38)60-46/h4-19,21,23-28H,20,22,29-30H2,1-3H3,(H,51,56)(H,52,57). The van der Waals surface area contributed by atoms with Gasteiger partial charge in [-0.3, -0.25) is 28.9 Å². The summed E-state index contributed by atoms with van der Waals surface area (Å²) in [6.07, 6.45) is 6.32. The van der Waals surface area contributed by atoms with Crippen molar-refractivity contribution in [1.29, 1.82) is 0 Å². The Kier molecular flexibility index (Phi) is 11.5. The van der Waals surface area contributed by atoms with E-state index >= 15 is 0 Å². The molecule has 300 valence electrons. The number of ether oxygens (including phenoxy) is 2. The number of pyridine rings is 1. The first kappa shape index (κ1) is 39.3. The number of methoxy groups -OCH3 is 2.